The van der Waals surface area contributed by atoms with Crippen LogP contribution in [0.1, 0.15) is 40.7 Å². The van der Waals surface area contributed by atoms with E-state index in [9.17, 15) is 53.8 Å². The van der Waals surface area contributed by atoms with Gasteiger partial charge in [0.15, 0.2) is 0 Å². The Morgan fingerprint density at radius 3 is 1.84 bits per heavy atom. The Kier molecular flexibility index (Phi) is 8.79. The van der Waals surface area contributed by atoms with E-state index in [0.29, 0.717) is 62.0 Å². The standard InChI is InChI=1S/C27H22F10N4O2/c28-22-2-1-18(25(29,30)31)9-17(22)14-41(13-15-7-19(26(32,33)34)10-20(8-15)27(35,36)37)24-38-11-21(12-39-24)40-5-3-16(4-6-40)23(42)43/h1-2,7-12,16H,3-6,13-14H2,(H,42,43). The van der Waals surface area contributed by atoms with Crippen molar-refractivity contribution in [3.63, 3.8) is 0 Å². The molecule has 2 heterocycles. The van der Waals surface area contributed by atoms with Crippen molar-refractivity contribution in [3.8, 4) is 0 Å². The van der Waals surface area contributed by atoms with Crippen LogP contribution >= 0.6 is 0 Å². The van der Waals surface area contributed by atoms with Gasteiger partial charge in [0.1, 0.15) is 5.82 Å². The number of benzene rings is 2. The number of carbonyl (C=O) groups is 1. The van der Waals surface area contributed by atoms with Gasteiger partial charge < -0.3 is 14.9 Å². The molecule has 43 heavy (non-hydrogen) atoms. The van der Waals surface area contributed by atoms with Gasteiger partial charge in [-0.1, -0.05) is 0 Å². The summed E-state index contributed by atoms with van der Waals surface area (Å²) in [5, 5.41) is 9.18. The van der Waals surface area contributed by atoms with Gasteiger partial charge in [0.2, 0.25) is 5.95 Å². The minimum Gasteiger partial charge on any atom is -0.481 e. The summed E-state index contributed by atoms with van der Waals surface area (Å²) in [5.74, 6) is -2.89. The third-order valence-corrected chi connectivity index (χ3v) is 6.87. The lowest BCUT2D eigenvalue weighted by Gasteiger charge is -2.31. The van der Waals surface area contributed by atoms with Crippen LogP contribution in [0.2, 0.25) is 0 Å². The summed E-state index contributed by atoms with van der Waals surface area (Å²) in [5.41, 5.74) is -5.09. The van der Waals surface area contributed by atoms with E-state index < -0.39 is 77.1 Å². The monoisotopic (exact) mass is 624 g/mol. The number of rotatable bonds is 7. The van der Waals surface area contributed by atoms with Gasteiger partial charge in [-0.2, -0.15) is 39.5 Å². The molecule has 6 nitrogen and oxygen atoms in total. The number of halogens is 10. The van der Waals surface area contributed by atoms with Crippen LogP contribution < -0.4 is 9.80 Å². The third-order valence-electron chi connectivity index (χ3n) is 6.87. The summed E-state index contributed by atoms with van der Waals surface area (Å²) in [6.07, 6.45) is -12.0. The fraction of sp³-hybridized carbons (Fsp3) is 0.370. The molecule has 0 atom stereocenters. The first-order chi connectivity index (χ1) is 19.9. The molecular formula is C27H22F10N4O2. The van der Waals surface area contributed by atoms with Crippen molar-refractivity contribution >= 4 is 17.6 Å². The summed E-state index contributed by atoms with van der Waals surface area (Å²) in [7, 11) is 0. The lowest BCUT2D eigenvalue weighted by Crippen LogP contribution is -2.36. The molecule has 1 N–H and O–H groups in total. The number of hydrogen-bond acceptors (Lipinski definition) is 5. The maximum atomic E-state index is 14.6. The first kappa shape index (κ1) is 31.8. The highest BCUT2D eigenvalue weighted by Gasteiger charge is 2.37. The van der Waals surface area contributed by atoms with Gasteiger partial charge in [0.25, 0.3) is 0 Å². The molecule has 2 aromatic carbocycles. The molecule has 1 aliphatic rings. The van der Waals surface area contributed by atoms with Crippen molar-refractivity contribution in [1.82, 2.24) is 9.97 Å². The number of alkyl halides is 9. The number of anilines is 2. The zero-order chi connectivity index (χ0) is 31.7. The van der Waals surface area contributed by atoms with Gasteiger partial charge in [0.05, 0.1) is 40.7 Å². The molecule has 1 aliphatic heterocycles. The second-order valence-electron chi connectivity index (χ2n) is 9.91. The van der Waals surface area contributed by atoms with E-state index in [-0.39, 0.29) is 12.0 Å². The molecular weight excluding hydrogens is 602 g/mol. The van der Waals surface area contributed by atoms with Crippen LogP contribution in [0.3, 0.4) is 0 Å². The van der Waals surface area contributed by atoms with Crippen LogP contribution in [0, 0.1) is 11.7 Å². The number of carboxylic acid groups (broad SMARTS) is 1. The Balaban J connectivity index is 1.71. The third kappa shape index (κ3) is 7.84. The van der Waals surface area contributed by atoms with E-state index in [1.807, 2.05) is 0 Å². The fourth-order valence-corrected chi connectivity index (χ4v) is 4.63. The molecule has 1 fully saturated rings. The van der Waals surface area contributed by atoms with Crippen molar-refractivity contribution in [3.05, 3.63) is 82.4 Å². The van der Waals surface area contributed by atoms with Crippen molar-refractivity contribution in [2.45, 2.75) is 44.5 Å². The molecule has 3 aromatic rings. The Hall–Kier alpha value is -4.11. The molecule has 232 valence electrons. The average molecular weight is 624 g/mol. The Bertz CT molecular complexity index is 1420. The van der Waals surface area contributed by atoms with Crippen LogP contribution in [0.15, 0.2) is 48.8 Å². The lowest BCUT2D eigenvalue weighted by atomic mass is 9.97. The second kappa shape index (κ2) is 11.9. The van der Waals surface area contributed by atoms with Crippen LogP contribution in [0.4, 0.5) is 55.5 Å². The van der Waals surface area contributed by atoms with Crippen molar-refractivity contribution < 1.29 is 53.8 Å². The molecule has 16 heteroatoms. The fourth-order valence-electron chi connectivity index (χ4n) is 4.63. The van der Waals surface area contributed by atoms with E-state index in [4.69, 9.17) is 0 Å². The zero-order valence-electron chi connectivity index (χ0n) is 21.9. The zero-order valence-corrected chi connectivity index (χ0v) is 21.9. The Morgan fingerprint density at radius 1 is 0.814 bits per heavy atom. The first-order valence-corrected chi connectivity index (χ1v) is 12.6. The normalized spacial score (nSPS) is 15.1. The number of hydrogen-bond donors (Lipinski definition) is 1. The number of aliphatic carboxylic acids is 1. The Morgan fingerprint density at radius 2 is 1.35 bits per heavy atom. The van der Waals surface area contributed by atoms with E-state index in [2.05, 4.69) is 9.97 Å². The minimum atomic E-state index is -5.15. The van der Waals surface area contributed by atoms with Crippen LogP contribution in [-0.2, 0) is 36.4 Å². The predicted molar refractivity (Wildman–Crippen MR) is 132 cm³/mol. The van der Waals surface area contributed by atoms with Crippen LogP contribution in [-0.4, -0.2) is 34.1 Å². The van der Waals surface area contributed by atoms with Gasteiger partial charge in [-0.15, -0.1) is 0 Å². The SMILES string of the molecule is O=C(O)C1CCN(c2cnc(N(Cc3cc(C(F)(F)F)cc(C(F)(F)F)c3)Cc3cc(C(F)(F)F)ccc3F)nc2)CC1. The highest BCUT2D eigenvalue weighted by Crippen LogP contribution is 2.37. The summed E-state index contributed by atoms with van der Waals surface area (Å²) in [6, 6.07) is 2.35. The summed E-state index contributed by atoms with van der Waals surface area (Å²) >= 11 is 0. The molecule has 0 amide bonds. The maximum absolute atomic E-state index is 14.6. The number of carboxylic acids is 1. The highest BCUT2D eigenvalue weighted by atomic mass is 19.4. The topological polar surface area (TPSA) is 69.6 Å². The largest absolute Gasteiger partial charge is 0.481 e. The molecule has 0 spiro atoms. The molecule has 4 rings (SSSR count). The summed E-state index contributed by atoms with van der Waals surface area (Å²) in [4.78, 5) is 22.1. The smallest absolute Gasteiger partial charge is 0.416 e. The molecule has 0 bridgehead atoms. The summed E-state index contributed by atoms with van der Waals surface area (Å²) < 4.78 is 135. The molecule has 0 radical (unpaired) electrons. The second-order valence-corrected chi connectivity index (χ2v) is 9.91. The molecule has 0 saturated carbocycles. The minimum absolute atomic E-state index is 0.0703. The lowest BCUT2D eigenvalue weighted by molar-refractivity contribution is -0.144. The van der Waals surface area contributed by atoms with Gasteiger partial charge >= 0.3 is 24.5 Å². The number of nitrogens with zero attached hydrogens (tertiary/aromatic N) is 4. The first-order valence-electron chi connectivity index (χ1n) is 12.6. The molecule has 0 unspecified atom stereocenters. The van der Waals surface area contributed by atoms with Crippen molar-refractivity contribution in [2.24, 2.45) is 5.92 Å². The molecule has 1 saturated heterocycles. The van der Waals surface area contributed by atoms with Crippen LogP contribution in [0.25, 0.3) is 0 Å². The highest BCUT2D eigenvalue weighted by molar-refractivity contribution is 5.70. The van der Waals surface area contributed by atoms with Gasteiger partial charge in [0, 0.05) is 31.7 Å². The van der Waals surface area contributed by atoms with E-state index >= 15 is 0 Å². The van der Waals surface area contributed by atoms with Gasteiger partial charge in [-0.3, -0.25) is 4.79 Å². The predicted octanol–water partition coefficient (Wildman–Crippen LogP) is 7.18. The summed E-state index contributed by atoms with van der Waals surface area (Å²) in [6.45, 7) is -0.824. The van der Waals surface area contributed by atoms with E-state index in [1.165, 1.54) is 12.4 Å². The quantitative estimate of drug-likeness (QED) is 0.281. The number of piperidine rings is 1. The van der Waals surface area contributed by atoms with Crippen LogP contribution in [0.5, 0.6) is 0 Å². The van der Waals surface area contributed by atoms with Gasteiger partial charge in [-0.05, 0) is 54.8 Å². The molecule has 0 aliphatic carbocycles. The van der Waals surface area contributed by atoms with Crippen molar-refractivity contribution in [2.75, 3.05) is 22.9 Å². The Labute approximate surface area is 237 Å². The van der Waals surface area contributed by atoms with E-state index in [0.717, 1.165) is 4.90 Å². The average Bonchev–Trinajstić information content (AvgIpc) is 2.92. The van der Waals surface area contributed by atoms with Gasteiger partial charge in [-0.25, -0.2) is 14.4 Å². The van der Waals surface area contributed by atoms with E-state index in [1.54, 1.807) is 4.90 Å². The maximum Gasteiger partial charge on any atom is 0.416 e. The molecule has 1 aromatic heterocycles. The number of aromatic nitrogens is 2. The van der Waals surface area contributed by atoms with Crippen molar-refractivity contribution in [1.29, 1.82) is 0 Å².